The van der Waals surface area contributed by atoms with Crippen molar-refractivity contribution in [3.05, 3.63) is 0 Å². The molecule has 0 aromatic carbocycles. The number of nitrogens with zero attached hydrogens (tertiary/aromatic N) is 1. The van der Waals surface area contributed by atoms with Crippen molar-refractivity contribution >= 4 is 24.2 Å². The van der Waals surface area contributed by atoms with Crippen LogP contribution in [0.3, 0.4) is 0 Å². The van der Waals surface area contributed by atoms with E-state index in [0.29, 0.717) is 29.6 Å². The summed E-state index contributed by atoms with van der Waals surface area (Å²) in [4.78, 5) is 27.3. The Kier molecular flexibility index (Phi) is 6.26. The van der Waals surface area contributed by atoms with E-state index in [9.17, 15) is 9.59 Å². The van der Waals surface area contributed by atoms with E-state index in [2.05, 4.69) is 15.5 Å². The molecule has 0 bridgehead atoms. The summed E-state index contributed by atoms with van der Waals surface area (Å²) in [5, 5.41) is 6.36. The second kappa shape index (κ2) is 8.26. The lowest BCUT2D eigenvalue weighted by molar-refractivity contribution is -0.138. The highest BCUT2D eigenvalue weighted by Crippen LogP contribution is 2.50. The van der Waals surface area contributed by atoms with Crippen molar-refractivity contribution in [2.75, 3.05) is 26.2 Å². The molecule has 142 valence electrons. The van der Waals surface area contributed by atoms with Crippen LogP contribution in [-0.4, -0.2) is 48.9 Å². The third kappa shape index (κ3) is 4.68. The van der Waals surface area contributed by atoms with Crippen molar-refractivity contribution in [1.82, 2.24) is 15.5 Å². The Labute approximate surface area is 157 Å². The summed E-state index contributed by atoms with van der Waals surface area (Å²) in [6, 6.07) is 0.000407. The van der Waals surface area contributed by atoms with Gasteiger partial charge in [0.2, 0.25) is 11.8 Å². The van der Waals surface area contributed by atoms with Crippen LogP contribution in [0.15, 0.2) is 0 Å². The fraction of sp³-hybridized carbons (Fsp3) is 0.895. The third-order valence-electron chi connectivity index (χ3n) is 6.32. The monoisotopic (exact) mass is 369 g/mol. The van der Waals surface area contributed by atoms with Crippen molar-refractivity contribution in [1.29, 1.82) is 0 Å². The van der Waals surface area contributed by atoms with Gasteiger partial charge in [-0.1, -0.05) is 0 Å². The maximum atomic E-state index is 13.0. The molecule has 2 N–H and O–H groups in total. The zero-order valence-electron chi connectivity index (χ0n) is 15.0. The largest absolute Gasteiger partial charge is 0.354 e. The molecule has 2 heterocycles. The van der Waals surface area contributed by atoms with Gasteiger partial charge in [-0.2, -0.15) is 0 Å². The maximum absolute atomic E-state index is 13.0. The Morgan fingerprint density at radius 1 is 1.04 bits per heavy atom. The topological polar surface area (TPSA) is 61.4 Å². The standard InChI is InChI=1S/C19H31N3O2.ClH/c23-18(16-4-1-9-20-16)21-11-13-3-2-10-22(12-13)19(24)17(14-5-6-14)15-7-8-15;/h13-17,20H,1-12H2,(H,21,23);1H. The Balaban J connectivity index is 0.00000182. The van der Waals surface area contributed by atoms with E-state index < -0.39 is 0 Å². The van der Waals surface area contributed by atoms with Gasteiger partial charge in [0.25, 0.3) is 0 Å². The van der Waals surface area contributed by atoms with Gasteiger partial charge in [-0.3, -0.25) is 9.59 Å². The highest BCUT2D eigenvalue weighted by Gasteiger charge is 2.47. The van der Waals surface area contributed by atoms with Crippen LogP contribution >= 0.6 is 12.4 Å². The Morgan fingerprint density at radius 3 is 2.36 bits per heavy atom. The molecule has 2 aliphatic heterocycles. The Bertz CT molecular complexity index is 475. The van der Waals surface area contributed by atoms with Crippen molar-refractivity contribution in [2.24, 2.45) is 23.7 Å². The van der Waals surface area contributed by atoms with Gasteiger partial charge in [0.05, 0.1) is 6.04 Å². The normalized spacial score (nSPS) is 29.4. The molecule has 0 radical (unpaired) electrons. The molecule has 6 heteroatoms. The molecular formula is C19H32ClN3O2. The van der Waals surface area contributed by atoms with Crippen LogP contribution in [-0.2, 0) is 9.59 Å². The van der Waals surface area contributed by atoms with Gasteiger partial charge in [0, 0.05) is 25.6 Å². The molecule has 0 spiro atoms. The lowest BCUT2D eigenvalue weighted by atomic mass is 9.92. The Morgan fingerprint density at radius 2 is 1.76 bits per heavy atom. The van der Waals surface area contributed by atoms with Crippen LogP contribution < -0.4 is 10.6 Å². The summed E-state index contributed by atoms with van der Waals surface area (Å²) in [5.74, 6) is 2.67. The first kappa shape index (κ1) is 19.0. The average Bonchev–Trinajstić information content (AvgIpc) is 3.54. The molecular weight excluding hydrogens is 338 g/mol. The minimum Gasteiger partial charge on any atom is -0.354 e. The van der Waals surface area contributed by atoms with E-state index >= 15 is 0 Å². The number of piperidine rings is 1. The number of hydrogen-bond acceptors (Lipinski definition) is 3. The number of nitrogens with one attached hydrogen (secondary N) is 2. The van der Waals surface area contributed by atoms with Crippen molar-refractivity contribution in [3.63, 3.8) is 0 Å². The van der Waals surface area contributed by atoms with Gasteiger partial charge >= 0.3 is 0 Å². The second-order valence-corrected chi connectivity index (χ2v) is 8.39. The number of hydrogen-bond donors (Lipinski definition) is 2. The van der Waals surface area contributed by atoms with Gasteiger partial charge < -0.3 is 15.5 Å². The minimum atomic E-state index is 0. The molecule has 2 saturated carbocycles. The number of amides is 2. The van der Waals surface area contributed by atoms with E-state index in [-0.39, 0.29) is 24.4 Å². The van der Waals surface area contributed by atoms with E-state index in [4.69, 9.17) is 0 Å². The average molecular weight is 370 g/mol. The molecule has 2 atom stereocenters. The molecule has 2 amide bonds. The van der Waals surface area contributed by atoms with Crippen LogP contribution in [0.2, 0.25) is 0 Å². The second-order valence-electron chi connectivity index (χ2n) is 8.39. The van der Waals surface area contributed by atoms with E-state index in [1.54, 1.807) is 0 Å². The van der Waals surface area contributed by atoms with Crippen LogP contribution in [0.25, 0.3) is 0 Å². The SMILES string of the molecule is Cl.O=C(NCC1CCCN(C(=O)C(C2CC2)C2CC2)C1)C1CCCN1. The summed E-state index contributed by atoms with van der Waals surface area (Å²) in [7, 11) is 0. The van der Waals surface area contributed by atoms with Gasteiger partial charge in [0.15, 0.2) is 0 Å². The van der Waals surface area contributed by atoms with Crippen LogP contribution in [0, 0.1) is 23.7 Å². The number of carbonyl (C=O) groups is 2. The minimum absolute atomic E-state index is 0. The van der Waals surface area contributed by atoms with Gasteiger partial charge in [0.1, 0.15) is 0 Å². The molecule has 25 heavy (non-hydrogen) atoms. The molecule has 4 aliphatic rings. The molecule has 0 aromatic heterocycles. The fourth-order valence-corrected chi connectivity index (χ4v) is 4.62. The number of likely N-dealkylation sites (tertiary alicyclic amines) is 1. The predicted octanol–water partition coefficient (Wildman–Crippen LogP) is 1.95. The molecule has 5 nitrogen and oxygen atoms in total. The summed E-state index contributed by atoms with van der Waals surface area (Å²) in [6.07, 6.45) is 9.28. The number of halogens is 1. The number of rotatable bonds is 6. The van der Waals surface area contributed by atoms with E-state index in [0.717, 1.165) is 51.9 Å². The maximum Gasteiger partial charge on any atom is 0.237 e. The first-order valence-corrected chi connectivity index (χ1v) is 10.0. The third-order valence-corrected chi connectivity index (χ3v) is 6.32. The van der Waals surface area contributed by atoms with Crippen LogP contribution in [0.1, 0.15) is 51.4 Å². The first-order chi connectivity index (χ1) is 11.7. The highest BCUT2D eigenvalue weighted by molar-refractivity contribution is 5.85. The molecule has 4 fully saturated rings. The smallest absolute Gasteiger partial charge is 0.237 e. The zero-order valence-corrected chi connectivity index (χ0v) is 15.9. The Hall–Kier alpha value is -0.810. The molecule has 4 rings (SSSR count). The quantitative estimate of drug-likeness (QED) is 0.752. The fourth-order valence-electron chi connectivity index (χ4n) is 4.62. The highest BCUT2D eigenvalue weighted by atomic mass is 35.5. The summed E-state index contributed by atoms with van der Waals surface area (Å²) >= 11 is 0. The summed E-state index contributed by atoms with van der Waals surface area (Å²) in [6.45, 7) is 3.43. The summed E-state index contributed by atoms with van der Waals surface area (Å²) in [5.41, 5.74) is 0. The molecule has 2 aliphatic carbocycles. The van der Waals surface area contributed by atoms with Crippen molar-refractivity contribution in [3.8, 4) is 0 Å². The van der Waals surface area contributed by atoms with Gasteiger partial charge in [-0.15, -0.1) is 12.4 Å². The summed E-state index contributed by atoms with van der Waals surface area (Å²) < 4.78 is 0. The van der Waals surface area contributed by atoms with Crippen molar-refractivity contribution < 1.29 is 9.59 Å². The molecule has 0 aromatic rings. The molecule has 2 saturated heterocycles. The number of carbonyl (C=O) groups excluding carboxylic acids is 2. The zero-order chi connectivity index (χ0) is 16.5. The first-order valence-electron chi connectivity index (χ1n) is 10.0. The van der Waals surface area contributed by atoms with Crippen LogP contribution in [0.4, 0.5) is 0 Å². The van der Waals surface area contributed by atoms with E-state index in [1.165, 1.54) is 25.7 Å². The van der Waals surface area contributed by atoms with Gasteiger partial charge in [-0.25, -0.2) is 0 Å². The van der Waals surface area contributed by atoms with Crippen molar-refractivity contribution in [2.45, 2.75) is 57.4 Å². The predicted molar refractivity (Wildman–Crippen MR) is 99.5 cm³/mol. The van der Waals surface area contributed by atoms with E-state index in [1.807, 2.05) is 0 Å². The molecule has 2 unspecified atom stereocenters. The lowest BCUT2D eigenvalue weighted by Crippen LogP contribution is -2.48. The lowest BCUT2D eigenvalue weighted by Gasteiger charge is -2.35. The van der Waals surface area contributed by atoms with Gasteiger partial charge in [-0.05, 0) is 75.7 Å². The van der Waals surface area contributed by atoms with Crippen LogP contribution in [0.5, 0.6) is 0 Å².